The highest BCUT2D eigenvalue weighted by molar-refractivity contribution is 5.83. The van der Waals surface area contributed by atoms with Crippen LogP contribution in [0.2, 0.25) is 0 Å². The number of amides is 3. The fraction of sp³-hybridized carbons (Fsp3) is 0.727. The number of carbonyl (C=O) groups is 3. The Balaban J connectivity index is 2.28. The van der Waals surface area contributed by atoms with E-state index in [0.717, 1.165) is 6.42 Å². The van der Waals surface area contributed by atoms with E-state index >= 15 is 0 Å². The highest BCUT2D eigenvalue weighted by Gasteiger charge is 2.32. The molecular weight excluding hydrogens is 238 g/mol. The van der Waals surface area contributed by atoms with E-state index in [9.17, 15) is 14.4 Å². The van der Waals surface area contributed by atoms with Crippen LogP contribution in [0.3, 0.4) is 0 Å². The second-order valence-corrected chi connectivity index (χ2v) is 4.72. The van der Waals surface area contributed by atoms with E-state index < -0.39 is 23.9 Å². The second-order valence-electron chi connectivity index (χ2n) is 4.72. The predicted molar refractivity (Wildman–Crippen MR) is 63.7 cm³/mol. The van der Waals surface area contributed by atoms with Crippen LogP contribution in [0.4, 0.5) is 4.79 Å². The second kappa shape index (κ2) is 6.23. The number of hydrogen-bond donors (Lipinski definition) is 4. The van der Waals surface area contributed by atoms with E-state index in [1.165, 1.54) is 0 Å². The Labute approximate surface area is 105 Å². The van der Waals surface area contributed by atoms with Crippen LogP contribution in [-0.4, -0.2) is 35.6 Å². The molecule has 0 aromatic heterocycles. The van der Waals surface area contributed by atoms with Crippen LogP contribution in [0.5, 0.6) is 0 Å². The number of hydrogen-bond acceptors (Lipinski definition) is 3. The van der Waals surface area contributed by atoms with Gasteiger partial charge in [-0.15, -0.1) is 0 Å². The molecule has 1 aliphatic rings. The van der Waals surface area contributed by atoms with Crippen molar-refractivity contribution in [2.45, 2.75) is 32.2 Å². The summed E-state index contributed by atoms with van der Waals surface area (Å²) in [6.07, 6.45) is 1.01. The topological polar surface area (TPSA) is 122 Å². The lowest BCUT2D eigenvalue weighted by Gasteiger charge is -2.14. The van der Waals surface area contributed by atoms with Crippen molar-refractivity contribution < 1.29 is 19.5 Å². The van der Waals surface area contributed by atoms with E-state index in [1.807, 2.05) is 0 Å². The number of nitrogens with one attached hydrogen (secondary N) is 2. The van der Waals surface area contributed by atoms with Gasteiger partial charge in [0, 0.05) is 13.0 Å². The summed E-state index contributed by atoms with van der Waals surface area (Å²) >= 11 is 0. The molecule has 7 nitrogen and oxygen atoms in total. The molecule has 3 unspecified atom stereocenters. The van der Waals surface area contributed by atoms with Gasteiger partial charge < -0.3 is 21.5 Å². The summed E-state index contributed by atoms with van der Waals surface area (Å²) in [6.45, 7) is 2.65. The van der Waals surface area contributed by atoms with Crippen LogP contribution in [-0.2, 0) is 9.59 Å². The number of aliphatic carboxylic acids is 1. The summed E-state index contributed by atoms with van der Waals surface area (Å²) in [6, 6.07) is -1.61. The molecule has 3 amide bonds. The number of rotatable bonds is 7. The Morgan fingerprint density at radius 2 is 2.06 bits per heavy atom. The van der Waals surface area contributed by atoms with Crippen LogP contribution in [0.15, 0.2) is 0 Å². The van der Waals surface area contributed by atoms with Crippen LogP contribution in [0, 0.1) is 11.8 Å². The molecule has 0 saturated heterocycles. The summed E-state index contributed by atoms with van der Waals surface area (Å²) in [7, 11) is 0. The van der Waals surface area contributed by atoms with Gasteiger partial charge in [0.1, 0.15) is 6.04 Å². The molecule has 0 spiro atoms. The van der Waals surface area contributed by atoms with E-state index in [1.54, 1.807) is 0 Å². The van der Waals surface area contributed by atoms with Crippen molar-refractivity contribution in [1.82, 2.24) is 10.6 Å². The van der Waals surface area contributed by atoms with Crippen molar-refractivity contribution >= 4 is 17.9 Å². The average Bonchev–Trinajstić information content (AvgIpc) is 2.97. The van der Waals surface area contributed by atoms with E-state index in [4.69, 9.17) is 10.8 Å². The summed E-state index contributed by atoms with van der Waals surface area (Å²) in [5.41, 5.74) is 4.93. The maximum atomic E-state index is 11.4. The summed E-state index contributed by atoms with van der Waals surface area (Å²) < 4.78 is 0. The third-order valence-corrected chi connectivity index (χ3v) is 3.08. The fourth-order valence-electron chi connectivity index (χ4n) is 1.66. The lowest BCUT2D eigenvalue weighted by molar-refractivity contribution is -0.139. The summed E-state index contributed by atoms with van der Waals surface area (Å²) in [5, 5.41) is 13.8. The molecule has 1 saturated carbocycles. The predicted octanol–water partition coefficient (Wildman–Crippen LogP) is -0.340. The standard InChI is InChI=1S/C11H19N3O4/c1-6-4-7(6)5-13-11(18)14-8(10(16)17)2-3-9(12)15/h6-8H,2-5H2,1H3,(H2,12,15)(H,16,17)(H2,13,14,18). The van der Waals surface area contributed by atoms with Crippen molar-refractivity contribution in [2.75, 3.05) is 6.54 Å². The lowest BCUT2D eigenvalue weighted by atomic mass is 10.1. The molecule has 1 aliphatic carbocycles. The highest BCUT2D eigenvalue weighted by atomic mass is 16.4. The molecular formula is C11H19N3O4. The highest BCUT2D eigenvalue weighted by Crippen LogP contribution is 2.36. The van der Waals surface area contributed by atoms with Crippen molar-refractivity contribution in [3.05, 3.63) is 0 Å². The molecule has 0 radical (unpaired) electrons. The minimum atomic E-state index is -1.17. The average molecular weight is 257 g/mol. The van der Waals surface area contributed by atoms with Crippen molar-refractivity contribution in [2.24, 2.45) is 17.6 Å². The van der Waals surface area contributed by atoms with Gasteiger partial charge in [0.2, 0.25) is 5.91 Å². The van der Waals surface area contributed by atoms with E-state index in [2.05, 4.69) is 17.6 Å². The molecule has 0 aromatic carbocycles. The number of nitrogens with two attached hydrogens (primary N) is 1. The van der Waals surface area contributed by atoms with Gasteiger partial charge >= 0.3 is 12.0 Å². The Bertz CT molecular complexity index is 345. The fourth-order valence-corrected chi connectivity index (χ4v) is 1.66. The molecule has 0 bridgehead atoms. The third kappa shape index (κ3) is 5.03. The van der Waals surface area contributed by atoms with Gasteiger partial charge in [-0.3, -0.25) is 4.79 Å². The maximum absolute atomic E-state index is 11.4. The zero-order chi connectivity index (χ0) is 13.7. The molecule has 5 N–H and O–H groups in total. The zero-order valence-corrected chi connectivity index (χ0v) is 10.3. The third-order valence-electron chi connectivity index (χ3n) is 3.08. The van der Waals surface area contributed by atoms with Gasteiger partial charge in [-0.2, -0.15) is 0 Å². The summed E-state index contributed by atoms with van der Waals surface area (Å²) in [5.74, 6) is -0.651. The van der Waals surface area contributed by atoms with Crippen LogP contribution in [0.25, 0.3) is 0 Å². The van der Waals surface area contributed by atoms with Gasteiger partial charge in [-0.25, -0.2) is 9.59 Å². The molecule has 3 atom stereocenters. The molecule has 18 heavy (non-hydrogen) atoms. The van der Waals surface area contributed by atoms with Crippen molar-refractivity contribution in [3.8, 4) is 0 Å². The Morgan fingerprint density at radius 1 is 1.44 bits per heavy atom. The Hall–Kier alpha value is -1.79. The van der Waals surface area contributed by atoms with Crippen LogP contribution >= 0.6 is 0 Å². The number of carbonyl (C=O) groups excluding carboxylic acids is 2. The molecule has 7 heteroatoms. The first kappa shape index (κ1) is 14.3. The van der Waals surface area contributed by atoms with E-state index in [-0.39, 0.29) is 12.8 Å². The minimum absolute atomic E-state index is 0.00207. The SMILES string of the molecule is CC1CC1CNC(=O)NC(CCC(N)=O)C(=O)O. The lowest BCUT2D eigenvalue weighted by Crippen LogP contribution is -2.46. The molecule has 1 fully saturated rings. The first-order valence-corrected chi connectivity index (χ1v) is 5.95. The summed E-state index contributed by atoms with van der Waals surface area (Å²) in [4.78, 5) is 32.9. The van der Waals surface area contributed by atoms with Crippen LogP contribution < -0.4 is 16.4 Å². The number of urea groups is 1. The molecule has 1 rings (SSSR count). The first-order chi connectivity index (χ1) is 8.40. The zero-order valence-electron chi connectivity index (χ0n) is 10.3. The van der Waals surface area contributed by atoms with Crippen molar-refractivity contribution in [1.29, 1.82) is 0 Å². The quantitative estimate of drug-likeness (QED) is 0.498. The Morgan fingerprint density at radius 3 is 2.50 bits per heavy atom. The number of carboxylic acid groups (broad SMARTS) is 1. The van der Waals surface area contributed by atoms with Gasteiger partial charge in [0.05, 0.1) is 0 Å². The monoisotopic (exact) mass is 257 g/mol. The first-order valence-electron chi connectivity index (χ1n) is 5.95. The molecule has 0 aromatic rings. The number of carboxylic acids is 1. The largest absolute Gasteiger partial charge is 0.480 e. The van der Waals surface area contributed by atoms with Gasteiger partial charge in [-0.1, -0.05) is 6.92 Å². The Kier molecular flexibility index (Phi) is 4.94. The molecule has 0 aliphatic heterocycles. The number of primary amides is 1. The molecule has 0 heterocycles. The molecule has 102 valence electrons. The van der Waals surface area contributed by atoms with E-state index in [0.29, 0.717) is 18.4 Å². The smallest absolute Gasteiger partial charge is 0.326 e. The van der Waals surface area contributed by atoms with Gasteiger partial charge in [0.15, 0.2) is 0 Å². The van der Waals surface area contributed by atoms with Crippen molar-refractivity contribution in [3.63, 3.8) is 0 Å². The minimum Gasteiger partial charge on any atom is -0.480 e. The normalized spacial score (nSPS) is 22.9. The van der Waals surface area contributed by atoms with Gasteiger partial charge in [-0.05, 0) is 24.7 Å². The maximum Gasteiger partial charge on any atom is 0.326 e. The van der Waals surface area contributed by atoms with Gasteiger partial charge in [0.25, 0.3) is 0 Å². The van der Waals surface area contributed by atoms with Crippen LogP contribution in [0.1, 0.15) is 26.2 Å².